The van der Waals surface area contributed by atoms with Gasteiger partial charge in [-0.25, -0.2) is 8.78 Å². The maximum absolute atomic E-state index is 13.8. The molecule has 0 spiro atoms. The fourth-order valence-corrected chi connectivity index (χ4v) is 3.12. The second-order valence-corrected chi connectivity index (χ2v) is 6.33. The molecule has 0 atom stereocenters. The van der Waals surface area contributed by atoms with E-state index in [9.17, 15) is 26.7 Å². The second-order valence-electron chi connectivity index (χ2n) is 6.33. The van der Waals surface area contributed by atoms with Gasteiger partial charge in [-0.1, -0.05) is 6.07 Å². The van der Waals surface area contributed by atoms with Crippen LogP contribution in [0.4, 0.5) is 33.3 Å². The first-order valence-corrected chi connectivity index (χ1v) is 8.49. The number of piperidine rings is 1. The van der Waals surface area contributed by atoms with E-state index in [0.29, 0.717) is 18.8 Å². The Hall–Kier alpha value is -2.64. The van der Waals surface area contributed by atoms with E-state index in [-0.39, 0.29) is 5.69 Å². The van der Waals surface area contributed by atoms with Crippen LogP contribution in [0, 0.1) is 11.6 Å². The molecule has 2 aromatic rings. The summed E-state index contributed by atoms with van der Waals surface area (Å²) in [5.41, 5.74) is -1.51. The lowest BCUT2D eigenvalue weighted by atomic mass is 10.1. The molecule has 0 aromatic heterocycles. The molecule has 2 aromatic carbocycles. The van der Waals surface area contributed by atoms with E-state index in [1.165, 1.54) is 6.07 Å². The minimum Gasteiger partial charge on any atom is -0.370 e. The van der Waals surface area contributed by atoms with Gasteiger partial charge in [0, 0.05) is 13.1 Å². The molecule has 1 saturated heterocycles. The number of alkyl halides is 3. The van der Waals surface area contributed by atoms with Gasteiger partial charge in [0.25, 0.3) is 5.91 Å². The molecule has 1 amide bonds. The average molecular weight is 384 g/mol. The van der Waals surface area contributed by atoms with Crippen LogP contribution in [0.1, 0.15) is 35.2 Å². The predicted molar refractivity (Wildman–Crippen MR) is 91.8 cm³/mol. The Bertz CT molecular complexity index is 824. The topological polar surface area (TPSA) is 32.3 Å². The van der Waals surface area contributed by atoms with Crippen molar-refractivity contribution >= 4 is 17.3 Å². The number of rotatable bonds is 3. The summed E-state index contributed by atoms with van der Waals surface area (Å²) in [4.78, 5) is 14.2. The molecule has 0 unspecified atom stereocenters. The third-order valence-electron chi connectivity index (χ3n) is 4.46. The molecule has 3 nitrogen and oxygen atoms in total. The highest BCUT2D eigenvalue weighted by Crippen LogP contribution is 2.36. The Kier molecular flexibility index (Phi) is 5.34. The van der Waals surface area contributed by atoms with E-state index in [1.54, 1.807) is 0 Å². The van der Waals surface area contributed by atoms with Gasteiger partial charge in [0.15, 0.2) is 0 Å². The van der Waals surface area contributed by atoms with Gasteiger partial charge in [-0.3, -0.25) is 4.79 Å². The quantitative estimate of drug-likeness (QED) is 0.736. The summed E-state index contributed by atoms with van der Waals surface area (Å²) in [6.07, 6.45) is -1.85. The number of nitrogens with zero attached hydrogens (tertiary/aromatic N) is 1. The molecule has 3 rings (SSSR count). The maximum atomic E-state index is 13.8. The third kappa shape index (κ3) is 4.20. The lowest BCUT2D eigenvalue weighted by Crippen LogP contribution is -2.30. The zero-order chi connectivity index (χ0) is 19.6. The molecule has 27 heavy (non-hydrogen) atoms. The highest BCUT2D eigenvalue weighted by molar-refractivity contribution is 6.06. The standard InChI is InChI=1S/C19H17F5N2O/c20-13-5-4-6-14(21)17(13)18(27)25-15-11-12(19(22,23)24)7-8-16(15)26-9-2-1-3-10-26/h4-8,11H,1-3,9-10H2,(H,25,27). The number of hydrogen-bond acceptors (Lipinski definition) is 2. The fourth-order valence-electron chi connectivity index (χ4n) is 3.12. The van der Waals surface area contributed by atoms with Crippen LogP contribution in [0.5, 0.6) is 0 Å². The molecular weight excluding hydrogens is 367 g/mol. The molecule has 1 fully saturated rings. The molecule has 8 heteroatoms. The minimum absolute atomic E-state index is 0.126. The number of anilines is 2. The highest BCUT2D eigenvalue weighted by atomic mass is 19.4. The van der Waals surface area contributed by atoms with Gasteiger partial charge in [-0.15, -0.1) is 0 Å². The Labute approximate surface area is 152 Å². The van der Waals surface area contributed by atoms with Crippen molar-refractivity contribution in [1.29, 1.82) is 0 Å². The number of carbonyl (C=O) groups excluding carboxylic acids is 1. The summed E-state index contributed by atoms with van der Waals surface area (Å²) in [7, 11) is 0. The van der Waals surface area contributed by atoms with Crippen LogP contribution < -0.4 is 10.2 Å². The molecule has 1 aliphatic rings. The first-order valence-electron chi connectivity index (χ1n) is 8.49. The molecule has 0 bridgehead atoms. The van der Waals surface area contributed by atoms with Crippen molar-refractivity contribution in [3.05, 3.63) is 59.2 Å². The van der Waals surface area contributed by atoms with Crippen molar-refractivity contribution in [1.82, 2.24) is 0 Å². The van der Waals surface area contributed by atoms with E-state index >= 15 is 0 Å². The van der Waals surface area contributed by atoms with E-state index < -0.39 is 34.8 Å². The second kappa shape index (κ2) is 7.54. The number of amides is 1. The lowest BCUT2D eigenvalue weighted by Gasteiger charge is -2.31. The molecule has 1 N–H and O–H groups in total. The SMILES string of the molecule is O=C(Nc1cc(C(F)(F)F)ccc1N1CCCCC1)c1c(F)cccc1F. The van der Waals surface area contributed by atoms with Crippen LogP contribution in [0.3, 0.4) is 0 Å². The van der Waals surface area contributed by atoms with E-state index in [1.807, 2.05) is 4.90 Å². The monoisotopic (exact) mass is 384 g/mol. The van der Waals surface area contributed by atoms with Crippen LogP contribution in [0.2, 0.25) is 0 Å². The zero-order valence-corrected chi connectivity index (χ0v) is 14.2. The summed E-state index contributed by atoms with van der Waals surface area (Å²) in [6.45, 7) is 1.25. The average Bonchev–Trinajstić information content (AvgIpc) is 2.61. The molecule has 0 radical (unpaired) electrons. The van der Waals surface area contributed by atoms with E-state index in [0.717, 1.165) is 49.6 Å². The molecule has 144 valence electrons. The molecule has 0 saturated carbocycles. The van der Waals surface area contributed by atoms with Crippen LogP contribution in [0.15, 0.2) is 36.4 Å². The summed E-state index contributed by atoms with van der Waals surface area (Å²) in [5.74, 6) is -3.30. The smallest absolute Gasteiger partial charge is 0.370 e. The van der Waals surface area contributed by atoms with Gasteiger partial charge in [-0.2, -0.15) is 13.2 Å². The van der Waals surface area contributed by atoms with Crippen molar-refractivity contribution in [2.45, 2.75) is 25.4 Å². The van der Waals surface area contributed by atoms with Crippen molar-refractivity contribution in [3.8, 4) is 0 Å². The highest BCUT2D eigenvalue weighted by Gasteiger charge is 2.32. The number of halogens is 5. The van der Waals surface area contributed by atoms with Gasteiger partial charge in [0.05, 0.1) is 16.9 Å². The fraction of sp³-hybridized carbons (Fsp3) is 0.316. The first kappa shape index (κ1) is 19.1. The third-order valence-corrected chi connectivity index (χ3v) is 4.46. The van der Waals surface area contributed by atoms with Crippen LogP contribution in [-0.4, -0.2) is 19.0 Å². The lowest BCUT2D eigenvalue weighted by molar-refractivity contribution is -0.137. The Morgan fingerprint density at radius 3 is 2.19 bits per heavy atom. The summed E-state index contributed by atoms with van der Waals surface area (Å²) in [6, 6.07) is 5.93. The van der Waals surface area contributed by atoms with Crippen molar-refractivity contribution in [2.75, 3.05) is 23.3 Å². The predicted octanol–water partition coefficient (Wildman–Crippen LogP) is 5.23. The summed E-state index contributed by atoms with van der Waals surface area (Å²) in [5, 5.41) is 2.26. The molecule has 1 heterocycles. The first-order chi connectivity index (χ1) is 12.8. The van der Waals surface area contributed by atoms with Crippen molar-refractivity contribution in [2.24, 2.45) is 0 Å². The van der Waals surface area contributed by atoms with Crippen LogP contribution >= 0.6 is 0 Å². The van der Waals surface area contributed by atoms with Gasteiger partial charge >= 0.3 is 6.18 Å². The Morgan fingerprint density at radius 2 is 1.59 bits per heavy atom. The van der Waals surface area contributed by atoms with Crippen molar-refractivity contribution < 1.29 is 26.7 Å². The van der Waals surface area contributed by atoms with E-state index in [2.05, 4.69) is 5.32 Å². The number of nitrogens with one attached hydrogen (secondary N) is 1. The molecule has 0 aliphatic carbocycles. The molecular formula is C19H17F5N2O. The minimum atomic E-state index is -4.61. The zero-order valence-electron chi connectivity index (χ0n) is 14.2. The van der Waals surface area contributed by atoms with Gasteiger partial charge in [0.1, 0.15) is 17.2 Å². The van der Waals surface area contributed by atoms with E-state index in [4.69, 9.17) is 0 Å². The normalized spacial score (nSPS) is 14.9. The number of carbonyl (C=O) groups is 1. The van der Waals surface area contributed by atoms with Gasteiger partial charge in [0.2, 0.25) is 0 Å². The number of hydrogen-bond donors (Lipinski definition) is 1. The Morgan fingerprint density at radius 1 is 0.963 bits per heavy atom. The van der Waals surface area contributed by atoms with Gasteiger partial charge in [-0.05, 0) is 49.6 Å². The Balaban J connectivity index is 1.99. The van der Waals surface area contributed by atoms with Crippen molar-refractivity contribution in [3.63, 3.8) is 0 Å². The summed E-state index contributed by atoms with van der Waals surface area (Å²) >= 11 is 0. The molecule has 1 aliphatic heterocycles. The number of benzene rings is 2. The summed E-state index contributed by atoms with van der Waals surface area (Å²) < 4.78 is 66.9. The maximum Gasteiger partial charge on any atom is 0.416 e. The van der Waals surface area contributed by atoms with Gasteiger partial charge < -0.3 is 10.2 Å². The largest absolute Gasteiger partial charge is 0.416 e. The van der Waals surface area contributed by atoms with Crippen LogP contribution in [-0.2, 0) is 6.18 Å². The van der Waals surface area contributed by atoms with Crippen LogP contribution in [0.25, 0.3) is 0 Å².